The van der Waals surface area contributed by atoms with E-state index in [4.69, 9.17) is 4.74 Å². The Labute approximate surface area is 123 Å². The molecule has 106 valence electrons. The zero-order chi connectivity index (χ0) is 14.8. The zero-order valence-corrected chi connectivity index (χ0v) is 12.0. The van der Waals surface area contributed by atoms with E-state index in [1.54, 1.807) is 10.6 Å². The van der Waals surface area contributed by atoms with E-state index in [-0.39, 0.29) is 0 Å². The predicted octanol–water partition coefficient (Wildman–Crippen LogP) is 4.06. The Hall–Kier alpha value is -2.62. The molecule has 0 saturated heterocycles. The van der Waals surface area contributed by atoms with Crippen LogP contribution in [-0.2, 0) is 0 Å². The number of aldehydes is 1. The normalized spacial score (nSPS) is 11.0. The van der Waals surface area contributed by atoms with Crippen molar-refractivity contribution in [3.05, 3.63) is 59.9 Å². The van der Waals surface area contributed by atoms with Gasteiger partial charge in [-0.3, -0.25) is 9.20 Å². The van der Waals surface area contributed by atoms with Crippen LogP contribution in [0.3, 0.4) is 0 Å². The summed E-state index contributed by atoms with van der Waals surface area (Å²) in [5.41, 5.74) is 2.20. The van der Waals surface area contributed by atoms with Gasteiger partial charge >= 0.3 is 0 Å². The third kappa shape index (κ3) is 2.40. The van der Waals surface area contributed by atoms with Gasteiger partial charge in [-0.05, 0) is 29.7 Å². The molecule has 3 rings (SSSR count). The molecular weight excluding hydrogens is 264 g/mol. The molecule has 3 aromatic rings. The number of pyridine rings is 1. The highest BCUT2D eigenvalue weighted by molar-refractivity contribution is 5.78. The summed E-state index contributed by atoms with van der Waals surface area (Å²) in [6, 6.07) is 13.4. The fraction of sp³-hybridized carbons (Fsp3) is 0.176. The first-order valence-electron chi connectivity index (χ1n) is 6.89. The molecule has 0 spiro atoms. The number of hydrogen-bond acceptors (Lipinski definition) is 3. The van der Waals surface area contributed by atoms with Gasteiger partial charge in [0.2, 0.25) is 5.88 Å². The van der Waals surface area contributed by atoms with Crippen LogP contribution in [0.1, 0.15) is 35.8 Å². The van der Waals surface area contributed by atoms with Gasteiger partial charge in [0, 0.05) is 6.20 Å². The Morgan fingerprint density at radius 1 is 1.14 bits per heavy atom. The highest BCUT2D eigenvalue weighted by Gasteiger charge is 2.15. The first kappa shape index (κ1) is 13.4. The van der Waals surface area contributed by atoms with E-state index in [1.807, 2.05) is 42.5 Å². The van der Waals surface area contributed by atoms with Gasteiger partial charge in [-0.15, -0.1) is 0 Å². The number of fused-ring (bicyclic) bond motifs is 1. The molecule has 0 unspecified atom stereocenters. The molecular formula is C17H16N2O2. The predicted molar refractivity (Wildman–Crippen MR) is 81.2 cm³/mol. The van der Waals surface area contributed by atoms with E-state index >= 15 is 0 Å². The van der Waals surface area contributed by atoms with Crippen LogP contribution in [0.4, 0.5) is 0 Å². The largest absolute Gasteiger partial charge is 0.437 e. The van der Waals surface area contributed by atoms with Crippen molar-refractivity contribution in [3.63, 3.8) is 0 Å². The summed E-state index contributed by atoms with van der Waals surface area (Å²) in [5, 5.41) is 0. The van der Waals surface area contributed by atoms with Crippen molar-refractivity contribution in [2.24, 2.45) is 0 Å². The quantitative estimate of drug-likeness (QED) is 0.677. The third-order valence-corrected chi connectivity index (χ3v) is 3.39. The van der Waals surface area contributed by atoms with E-state index in [9.17, 15) is 4.79 Å². The maximum absolute atomic E-state index is 11.4. The second-order valence-electron chi connectivity index (χ2n) is 5.14. The molecule has 21 heavy (non-hydrogen) atoms. The molecule has 0 amide bonds. The van der Waals surface area contributed by atoms with Crippen LogP contribution in [0.15, 0.2) is 48.7 Å². The molecule has 0 atom stereocenters. The van der Waals surface area contributed by atoms with Crippen LogP contribution in [0.5, 0.6) is 11.6 Å². The number of carbonyl (C=O) groups is 1. The number of ether oxygens (including phenoxy) is 1. The molecule has 4 nitrogen and oxygen atoms in total. The Morgan fingerprint density at radius 2 is 1.90 bits per heavy atom. The van der Waals surface area contributed by atoms with Gasteiger partial charge in [-0.1, -0.05) is 38.1 Å². The number of benzene rings is 1. The van der Waals surface area contributed by atoms with Crippen molar-refractivity contribution >= 4 is 11.9 Å². The molecule has 0 aliphatic heterocycles. The molecule has 0 fully saturated rings. The summed E-state index contributed by atoms with van der Waals surface area (Å²) in [5.74, 6) is 1.40. The van der Waals surface area contributed by atoms with E-state index in [0.29, 0.717) is 23.1 Å². The lowest BCUT2D eigenvalue weighted by Crippen LogP contribution is -1.96. The molecule has 0 N–H and O–H groups in total. The van der Waals surface area contributed by atoms with Crippen molar-refractivity contribution in [2.45, 2.75) is 19.8 Å². The first-order chi connectivity index (χ1) is 10.2. The lowest BCUT2D eigenvalue weighted by Gasteiger charge is -2.12. The summed E-state index contributed by atoms with van der Waals surface area (Å²) in [7, 11) is 0. The molecule has 2 aromatic heterocycles. The smallest absolute Gasteiger partial charge is 0.249 e. The van der Waals surface area contributed by atoms with Crippen molar-refractivity contribution in [3.8, 4) is 11.6 Å². The van der Waals surface area contributed by atoms with Gasteiger partial charge in [-0.25, -0.2) is 0 Å². The van der Waals surface area contributed by atoms with Crippen LogP contribution in [0.25, 0.3) is 5.65 Å². The van der Waals surface area contributed by atoms with Crippen LogP contribution in [-0.4, -0.2) is 15.7 Å². The summed E-state index contributed by atoms with van der Waals surface area (Å²) in [6.07, 6.45) is 2.57. The minimum absolute atomic E-state index is 0.331. The molecule has 0 radical (unpaired) electrons. The van der Waals surface area contributed by atoms with Gasteiger partial charge in [0.15, 0.2) is 12.0 Å². The highest BCUT2D eigenvalue weighted by Crippen LogP contribution is 2.31. The molecule has 4 heteroatoms. The second-order valence-corrected chi connectivity index (χ2v) is 5.14. The van der Waals surface area contributed by atoms with Crippen molar-refractivity contribution < 1.29 is 9.53 Å². The first-order valence-corrected chi connectivity index (χ1v) is 6.89. The van der Waals surface area contributed by atoms with Crippen molar-refractivity contribution in [1.82, 2.24) is 9.38 Å². The van der Waals surface area contributed by atoms with E-state index in [0.717, 1.165) is 17.6 Å². The molecule has 0 bridgehead atoms. The Morgan fingerprint density at radius 3 is 2.67 bits per heavy atom. The van der Waals surface area contributed by atoms with E-state index < -0.39 is 0 Å². The summed E-state index contributed by atoms with van der Waals surface area (Å²) >= 11 is 0. The van der Waals surface area contributed by atoms with Gasteiger partial charge in [0.1, 0.15) is 11.4 Å². The number of aromatic nitrogens is 2. The van der Waals surface area contributed by atoms with Crippen LogP contribution < -0.4 is 4.74 Å². The molecule has 1 aromatic carbocycles. The monoisotopic (exact) mass is 280 g/mol. The SMILES string of the molecule is CC(C)c1ccccc1Oc1nc2ccccn2c1C=O. The van der Waals surface area contributed by atoms with Crippen LogP contribution in [0.2, 0.25) is 0 Å². The van der Waals surface area contributed by atoms with Gasteiger partial charge in [-0.2, -0.15) is 4.98 Å². The Balaban J connectivity index is 2.08. The topological polar surface area (TPSA) is 43.6 Å². The van der Waals surface area contributed by atoms with Gasteiger partial charge < -0.3 is 4.74 Å². The van der Waals surface area contributed by atoms with Gasteiger partial charge in [0.25, 0.3) is 0 Å². The number of hydrogen-bond donors (Lipinski definition) is 0. The van der Waals surface area contributed by atoms with Crippen molar-refractivity contribution in [2.75, 3.05) is 0 Å². The summed E-state index contributed by atoms with van der Waals surface area (Å²) in [6.45, 7) is 4.21. The highest BCUT2D eigenvalue weighted by atomic mass is 16.5. The molecule has 0 aliphatic rings. The van der Waals surface area contributed by atoms with Gasteiger partial charge in [0.05, 0.1) is 0 Å². The zero-order valence-electron chi connectivity index (χ0n) is 12.0. The number of rotatable bonds is 4. The lowest BCUT2D eigenvalue weighted by molar-refractivity contribution is 0.111. The fourth-order valence-corrected chi connectivity index (χ4v) is 2.33. The minimum Gasteiger partial charge on any atom is -0.437 e. The maximum Gasteiger partial charge on any atom is 0.249 e. The molecule has 2 heterocycles. The number of imidazole rings is 1. The third-order valence-electron chi connectivity index (χ3n) is 3.39. The van der Waals surface area contributed by atoms with Crippen molar-refractivity contribution in [1.29, 1.82) is 0 Å². The maximum atomic E-state index is 11.4. The lowest BCUT2D eigenvalue weighted by atomic mass is 10.0. The molecule has 0 saturated carbocycles. The van der Waals surface area contributed by atoms with E-state index in [1.165, 1.54) is 0 Å². The Kier molecular flexibility index (Phi) is 3.44. The summed E-state index contributed by atoms with van der Waals surface area (Å²) < 4.78 is 7.64. The average Bonchev–Trinajstić information content (AvgIpc) is 2.84. The summed E-state index contributed by atoms with van der Waals surface area (Å²) in [4.78, 5) is 15.8. The van der Waals surface area contributed by atoms with Crippen LogP contribution >= 0.6 is 0 Å². The van der Waals surface area contributed by atoms with Crippen LogP contribution in [0, 0.1) is 0 Å². The minimum atomic E-state index is 0.331. The molecule has 0 aliphatic carbocycles. The fourth-order valence-electron chi connectivity index (χ4n) is 2.33. The number of carbonyl (C=O) groups excluding carboxylic acids is 1. The number of para-hydroxylation sites is 1. The second kappa shape index (κ2) is 5.40. The number of nitrogens with zero attached hydrogens (tertiary/aromatic N) is 2. The van der Waals surface area contributed by atoms with E-state index in [2.05, 4.69) is 18.8 Å². The Bertz CT molecular complexity index is 790. The standard InChI is InChI=1S/C17H16N2O2/c1-12(2)13-7-3-4-8-15(13)21-17-14(11-20)19-10-6-5-9-16(19)18-17/h3-12H,1-2H3. The average molecular weight is 280 g/mol.